The van der Waals surface area contributed by atoms with E-state index in [9.17, 15) is 9.59 Å². The standard InChI is InChI=1S/C8H12O6S2/c1-3-11-7(9)5-6(8(10)12-4-2)14-16(15)13-5/h5-6H,3-4H2,1-2H3/t5-,6-/m1/s1. The first-order valence-electron chi connectivity index (χ1n) is 4.69. The Morgan fingerprint density at radius 1 is 1.12 bits per heavy atom. The molecule has 0 amide bonds. The minimum atomic E-state index is -1.30. The lowest BCUT2D eigenvalue weighted by Gasteiger charge is -2.12. The number of carbonyl (C=O) groups excluding carboxylic acids is 2. The summed E-state index contributed by atoms with van der Waals surface area (Å²) < 4.78 is 19.5. The smallest absolute Gasteiger partial charge is 0.340 e. The van der Waals surface area contributed by atoms with Crippen molar-refractivity contribution < 1.29 is 27.4 Å². The van der Waals surface area contributed by atoms with E-state index < -0.39 is 34.2 Å². The number of hydrogen-bond acceptors (Lipinski definition) is 7. The third-order valence-electron chi connectivity index (χ3n) is 1.68. The SMILES string of the molecule is CCOC(=O)[C@@H]1OS(=S)O[C@H]1C(=O)OCC. The molecule has 0 aromatic rings. The molecule has 0 radical (unpaired) electrons. The highest BCUT2D eigenvalue weighted by atomic mass is 32.8. The first-order chi connectivity index (χ1) is 7.60. The van der Waals surface area contributed by atoms with Crippen molar-refractivity contribution in [3.8, 4) is 0 Å². The molecule has 0 aliphatic carbocycles. The van der Waals surface area contributed by atoms with Crippen LogP contribution in [0, 0.1) is 0 Å². The maximum atomic E-state index is 11.4. The zero-order chi connectivity index (χ0) is 12.1. The van der Waals surface area contributed by atoms with Crippen LogP contribution in [0.3, 0.4) is 0 Å². The molecule has 0 N–H and O–H groups in total. The third-order valence-corrected chi connectivity index (χ3v) is 2.88. The Hall–Kier alpha value is -0.570. The Morgan fingerprint density at radius 3 is 1.81 bits per heavy atom. The number of rotatable bonds is 4. The molecular formula is C8H12O6S2. The van der Waals surface area contributed by atoms with Crippen molar-refractivity contribution in [1.29, 1.82) is 0 Å². The highest BCUT2D eigenvalue weighted by molar-refractivity contribution is 8.23. The van der Waals surface area contributed by atoms with Gasteiger partial charge in [-0.2, -0.15) is 0 Å². The topological polar surface area (TPSA) is 71.1 Å². The predicted octanol–water partition coefficient (Wildman–Crippen LogP) is -0.193. The van der Waals surface area contributed by atoms with Gasteiger partial charge >= 0.3 is 11.9 Å². The van der Waals surface area contributed by atoms with E-state index in [1.165, 1.54) is 0 Å². The second-order valence-electron chi connectivity index (χ2n) is 2.74. The Morgan fingerprint density at radius 2 is 1.50 bits per heavy atom. The summed E-state index contributed by atoms with van der Waals surface area (Å²) in [7, 11) is -1.30. The van der Waals surface area contributed by atoms with Crippen molar-refractivity contribution in [1.82, 2.24) is 0 Å². The summed E-state index contributed by atoms with van der Waals surface area (Å²) in [5, 5.41) is 0. The van der Waals surface area contributed by atoms with Gasteiger partial charge in [0.15, 0.2) is 10.0 Å². The Labute approximate surface area is 100 Å². The number of esters is 2. The molecule has 0 unspecified atom stereocenters. The van der Waals surface area contributed by atoms with Crippen LogP contribution >= 0.6 is 0 Å². The normalized spacial score (nSPS) is 25.4. The predicted molar refractivity (Wildman–Crippen MR) is 57.7 cm³/mol. The monoisotopic (exact) mass is 268 g/mol. The lowest BCUT2D eigenvalue weighted by atomic mass is 10.2. The minimum Gasteiger partial charge on any atom is -0.464 e. The van der Waals surface area contributed by atoms with E-state index in [0.717, 1.165) is 0 Å². The maximum Gasteiger partial charge on any atom is 0.340 e. The van der Waals surface area contributed by atoms with Crippen LogP contribution in [-0.4, -0.2) is 37.4 Å². The van der Waals surface area contributed by atoms with Crippen LogP contribution in [0.15, 0.2) is 0 Å². The van der Waals surface area contributed by atoms with E-state index >= 15 is 0 Å². The second kappa shape index (κ2) is 6.24. The van der Waals surface area contributed by atoms with Gasteiger partial charge in [-0.1, -0.05) is 0 Å². The summed E-state index contributed by atoms with van der Waals surface area (Å²) >= 11 is 4.73. The molecule has 16 heavy (non-hydrogen) atoms. The first-order valence-corrected chi connectivity index (χ1v) is 6.69. The van der Waals surface area contributed by atoms with Gasteiger partial charge in [0.2, 0.25) is 12.2 Å². The van der Waals surface area contributed by atoms with Crippen LogP contribution < -0.4 is 0 Å². The molecule has 1 saturated heterocycles. The highest BCUT2D eigenvalue weighted by Crippen LogP contribution is 2.20. The molecule has 0 aromatic carbocycles. The molecule has 0 spiro atoms. The molecule has 6 nitrogen and oxygen atoms in total. The van der Waals surface area contributed by atoms with Gasteiger partial charge in [0, 0.05) is 11.2 Å². The molecule has 1 heterocycles. The molecular weight excluding hydrogens is 256 g/mol. The van der Waals surface area contributed by atoms with Gasteiger partial charge in [0.25, 0.3) is 0 Å². The van der Waals surface area contributed by atoms with Crippen LogP contribution in [-0.2, 0) is 48.6 Å². The molecule has 1 aliphatic heterocycles. The first kappa shape index (κ1) is 13.5. The molecule has 0 saturated carbocycles. The van der Waals surface area contributed by atoms with Crippen LogP contribution in [0.5, 0.6) is 0 Å². The molecule has 1 fully saturated rings. The third kappa shape index (κ3) is 3.21. The number of ether oxygens (including phenoxy) is 2. The van der Waals surface area contributed by atoms with Crippen molar-refractivity contribution in [2.24, 2.45) is 0 Å². The lowest BCUT2D eigenvalue weighted by molar-refractivity contribution is -0.163. The van der Waals surface area contributed by atoms with E-state index in [1.54, 1.807) is 13.8 Å². The van der Waals surface area contributed by atoms with Crippen LogP contribution in [0.1, 0.15) is 13.8 Å². The van der Waals surface area contributed by atoms with Crippen molar-refractivity contribution in [2.45, 2.75) is 26.1 Å². The molecule has 2 atom stereocenters. The Kier molecular flexibility index (Phi) is 5.26. The number of hydrogen-bond donors (Lipinski definition) is 0. The van der Waals surface area contributed by atoms with Crippen molar-refractivity contribution >= 4 is 33.1 Å². The maximum absolute atomic E-state index is 11.4. The van der Waals surface area contributed by atoms with Gasteiger partial charge in [0.1, 0.15) is 0 Å². The van der Waals surface area contributed by atoms with E-state index in [0.29, 0.717) is 0 Å². The van der Waals surface area contributed by atoms with Gasteiger partial charge in [-0.05, 0) is 13.8 Å². The van der Waals surface area contributed by atoms with E-state index in [2.05, 4.69) is 0 Å². The largest absolute Gasteiger partial charge is 0.464 e. The molecule has 1 rings (SSSR count). The summed E-state index contributed by atoms with van der Waals surface area (Å²) in [6, 6.07) is 0. The molecule has 0 bridgehead atoms. The molecule has 1 aliphatic rings. The average molecular weight is 268 g/mol. The quantitative estimate of drug-likeness (QED) is 0.654. The molecule has 0 aromatic heterocycles. The summed E-state index contributed by atoms with van der Waals surface area (Å²) in [5.74, 6) is -1.33. The minimum absolute atomic E-state index is 0.194. The summed E-state index contributed by atoms with van der Waals surface area (Å²) in [4.78, 5) is 22.9. The second-order valence-corrected chi connectivity index (χ2v) is 4.35. The van der Waals surface area contributed by atoms with Gasteiger partial charge in [0.05, 0.1) is 13.2 Å². The van der Waals surface area contributed by atoms with Gasteiger partial charge < -0.3 is 9.47 Å². The van der Waals surface area contributed by atoms with E-state index in [1.807, 2.05) is 0 Å². The summed E-state index contributed by atoms with van der Waals surface area (Å²) in [6.45, 7) is 3.69. The number of carbonyl (C=O) groups is 2. The van der Waals surface area contributed by atoms with Crippen molar-refractivity contribution in [3.05, 3.63) is 0 Å². The van der Waals surface area contributed by atoms with Gasteiger partial charge in [-0.25, -0.2) is 9.59 Å². The van der Waals surface area contributed by atoms with E-state index in [-0.39, 0.29) is 13.2 Å². The van der Waals surface area contributed by atoms with Gasteiger partial charge in [-0.15, -0.1) is 0 Å². The fraction of sp³-hybridized carbons (Fsp3) is 0.750. The zero-order valence-electron chi connectivity index (χ0n) is 8.83. The molecule has 92 valence electrons. The Bertz CT molecular complexity index is 277. The summed E-state index contributed by atoms with van der Waals surface area (Å²) in [6.07, 6.45) is -2.25. The van der Waals surface area contributed by atoms with Crippen LogP contribution in [0.2, 0.25) is 0 Å². The van der Waals surface area contributed by atoms with Crippen molar-refractivity contribution in [3.63, 3.8) is 0 Å². The van der Waals surface area contributed by atoms with E-state index in [4.69, 9.17) is 29.0 Å². The summed E-state index contributed by atoms with van der Waals surface area (Å²) in [5.41, 5.74) is 0. The molecule has 8 heteroatoms. The van der Waals surface area contributed by atoms with Crippen LogP contribution in [0.4, 0.5) is 0 Å². The highest BCUT2D eigenvalue weighted by Gasteiger charge is 2.45. The Balaban J connectivity index is 2.69. The van der Waals surface area contributed by atoms with Crippen molar-refractivity contribution in [2.75, 3.05) is 13.2 Å². The van der Waals surface area contributed by atoms with Crippen LogP contribution in [0.25, 0.3) is 0 Å². The average Bonchev–Trinajstić information content (AvgIpc) is 2.61. The fourth-order valence-electron chi connectivity index (χ4n) is 1.07. The zero-order valence-corrected chi connectivity index (χ0v) is 10.5. The lowest BCUT2D eigenvalue weighted by Crippen LogP contribution is -2.39. The fourth-order valence-corrected chi connectivity index (χ4v) is 2.32. The van der Waals surface area contributed by atoms with Gasteiger partial charge in [-0.3, -0.25) is 8.37 Å².